The van der Waals surface area contributed by atoms with Gasteiger partial charge in [-0.05, 0) is 85.5 Å². The number of hydrogen-bond donors (Lipinski definition) is 2. The first kappa shape index (κ1) is 24.5. The molecule has 0 fully saturated rings. The Bertz CT molecular complexity index is 1110. The Labute approximate surface area is 203 Å². The third kappa shape index (κ3) is 6.68. The minimum absolute atomic E-state index is 0.0348. The molecule has 172 valence electrons. The molecule has 0 saturated heterocycles. The molecular weight excluding hydrogens is 480 g/mol. The second kappa shape index (κ2) is 9.79. The van der Waals surface area contributed by atoms with E-state index in [0.717, 1.165) is 4.47 Å². The predicted octanol–water partition coefficient (Wildman–Crippen LogP) is 6.80. The van der Waals surface area contributed by atoms with Crippen molar-refractivity contribution in [2.45, 2.75) is 45.6 Å². The van der Waals surface area contributed by atoms with Crippen LogP contribution in [-0.4, -0.2) is 17.4 Å². The molecule has 0 radical (unpaired) electrons. The number of carbonyl (C=O) groups is 2. The van der Waals surface area contributed by atoms with Gasteiger partial charge in [-0.25, -0.2) is 0 Å². The zero-order chi connectivity index (χ0) is 24.2. The highest BCUT2D eigenvalue weighted by atomic mass is 79.9. The minimum atomic E-state index is -1.07. The van der Waals surface area contributed by atoms with E-state index in [1.165, 1.54) is 5.56 Å². The summed E-state index contributed by atoms with van der Waals surface area (Å²) in [5, 5.41) is 5.74. The van der Waals surface area contributed by atoms with E-state index in [4.69, 9.17) is 4.74 Å². The van der Waals surface area contributed by atoms with Crippen molar-refractivity contribution < 1.29 is 14.3 Å². The van der Waals surface area contributed by atoms with Crippen LogP contribution in [0.1, 0.15) is 50.5 Å². The molecule has 2 amide bonds. The van der Waals surface area contributed by atoms with Gasteiger partial charge in [-0.3, -0.25) is 9.59 Å². The molecule has 0 aliphatic carbocycles. The molecule has 6 heteroatoms. The van der Waals surface area contributed by atoms with E-state index >= 15 is 0 Å². The van der Waals surface area contributed by atoms with Crippen LogP contribution in [0.25, 0.3) is 0 Å². The van der Waals surface area contributed by atoms with Gasteiger partial charge in [0.2, 0.25) is 0 Å². The molecule has 0 aliphatic rings. The number of hydrogen-bond acceptors (Lipinski definition) is 3. The molecule has 3 aromatic rings. The van der Waals surface area contributed by atoms with E-state index in [9.17, 15) is 9.59 Å². The Morgan fingerprint density at radius 3 is 1.76 bits per heavy atom. The maximum Gasteiger partial charge on any atom is 0.267 e. The van der Waals surface area contributed by atoms with Gasteiger partial charge in [-0.1, -0.05) is 48.8 Å². The molecular formula is C27H29BrN2O3. The first-order valence-electron chi connectivity index (χ1n) is 10.7. The molecule has 33 heavy (non-hydrogen) atoms. The van der Waals surface area contributed by atoms with Crippen LogP contribution in [0.4, 0.5) is 11.4 Å². The summed E-state index contributed by atoms with van der Waals surface area (Å²) in [5.74, 6) is 0.143. The minimum Gasteiger partial charge on any atom is -0.478 e. The van der Waals surface area contributed by atoms with Gasteiger partial charge < -0.3 is 15.4 Å². The van der Waals surface area contributed by atoms with Crippen LogP contribution >= 0.6 is 15.9 Å². The zero-order valence-corrected chi connectivity index (χ0v) is 21.1. The van der Waals surface area contributed by atoms with Crippen LogP contribution < -0.4 is 15.4 Å². The lowest BCUT2D eigenvalue weighted by molar-refractivity contribution is -0.128. The summed E-state index contributed by atoms with van der Waals surface area (Å²) in [6, 6.07) is 21.9. The third-order valence-electron chi connectivity index (χ3n) is 5.15. The Morgan fingerprint density at radius 2 is 1.24 bits per heavy atom. The van der Waals surface area contributed by atoms with Gasteiger partial charge in [-0.15, -0.1) is 0 Å². The first-order chi connectivity index (χ1) is 15.4. The zero-order valence-electron chi connectivity index (χ0n) is 19.5. The molecule has 5 nitrogen and oxygen atoms in total. The lowest BCUT2D eigenvalue weighted by atomic mass is 9.87. The third-order valence-corrected chi connectivity index (χ3v) is 5.68. The van der Waals surface area contributed by atoms with Crippen molar-refractivity contribution in [2.75, 3.05) is 10.6 Å². The Hall–Kier alpha value is -3.12. The quantitative estimate of drug-likeness (QED) is 0.384. The summed E-state index contributed by atoms with van der Waals surface area (Å²) in [4.78, 5) is 25.3. The number of ether oxygens (including phenoxy) is 1. The lowest BCUT2D eigenvalue weighted by Crippen LogP contribution is -2.42. The maximum absolute atomic E-state index is 12.7. The summed E-state index contributed by atoms with van der Waals surface area (Å²) in [7, 11) is 0. The fourth-order valence-corrected chi connectivity index (χ4v) is 3.35. The van der Waals surface area contributed by atoms with Crippen molar-refractivity contribution in [1.29, 1.82) is 0 Å². The summed E-state index contributed by atoms with van der Waals surface area (Å²) in [5.41, 5.74) is 1.98. The molecule has 3 aromatic carbocycles. The van der Waals surface area contributed by atoms with Gasteiger partial charge in [0.15, 0.2) is 5.60 Å². The molecule has 2 N–H and O–H groups in total. The van der Waals surface area contributed by atoms with E-state index in [0.29, 0.717) is 22.7 Å². The lowest BCUT2D eigenvalue weighted by Gasteiger charge is -2.25. The van der Waals surface area contributed by atoms with Crippen molar-refractivity contribution in [3.8, 4) is 5.75 Å². The first-order valence-corrected chi connectivity index (χ1v) is 11.5. The van der Waals surface area contributed by atoms with Gasteiger partial charge in [-0.2, -0.15) is 0 Å². The van der Waals surface area contributed by atoms with Gasteiger partial charge >= 0.3 is 0 Å². The highest BCUT2D eigenvalue weighted by molar-refractivity contribution is 9.10. The summed E-state index contributed by atoms with van der Waals surface area (Å²) in [6.07, 6.45) is 0. The number of rotatable bonds is 6. The van der Waals surface area contributed by atoms with Crippen LogP contribution in [0.3, 0.4) is 0 Å². The average molecular weight is 509 g/mol. The van der Waals surface area contributed by atoms with E-state index < -0.39 is 5.60 Å². The standard InChI is InChI=1S/C27H29BrN2O3/c1-26(2,3)19-8-6-18(7-9-19)24(31)29-21-12-14-22(15-13-21)30-25(32)27(4,5)33-23-16-10-20(28)11-17-23/h6-17H,1-5H3,(H,29,31)(H,30,32). The second-order valence-corrected chi connectivity index (χ2v) is 10.3. The smallest absolute Gasteiger partial charge is 0.267 e. The Balaban J connectivity index is 1.59. The SMILES string of the molecule is CC(C)(Oc1ccc(Br)cc1)C(=O)Nc1ccc(NC(=O)c2ccc(C(C)(C)C)cc2)cc1. The predicted molar refractivity (Wildman–Crippen MR) is 137 cm³/mol. The molecule has 0 spiro atoms. The monoisotopic (exact) mass is 508 g/mol. The van der Waals surface area contributed by atoms with Crippen molar-refractivity contribution in [3.63, 3.8) is 0 Å². The molecule has 3 rings (SSSR count). The van der Waals surface area contributed by atoms with E-state index in [2.05, 4.69) is 47.3 Å². The second-order valence-electron chi connectivity index (χ2n) is 9.38. The number of nitrogens with one attached hydrogen (secondary N) is 2. The molecule has 0 saturated carbocycles. The number of amides is 2. The topological polar surface area (TPSA) is 67.4 Å². The fraction of sp³-hybridized carbons (Fsp3) is 0.259. The van der Waals surface area contributed by atoms with Crippen LogP contribution in [0.2, 0.25) is 0 Å². The number of carbonyl (C=O) groups excluding carboxylic acids is 2. The van der Waals surface area contributed by atoms with Crippen LogP contribution in [0.15, 0.2) is 77.3 Å². The van der Waals surface area contributed by atoms with Crippen molar-refractivity contribution in [3.05, 3.63) is 88.4 Å². The molecule has 0 aromatic heterocycles. The highest BCUT2D eigenvalue weighted by Crippen LogP contribution is 2.24. The Morgan fingerprint density at radius 1 is 0.727 bits per heavy atom. The van der Waals surface area contributed by atoms with Gasteiger partial charge in [0.25, 0.3) is 11.8 Å². The molecule has 0 unspecified atom stereocenters. The maximum atomic E-state index is 12.7. The van der Waals surface area contributed by atoms with Gasteiger partial charge in [0.05, 0.1) is 0 Å². The van der Waals surface area contributed by atoms with Gasteiger partial charge in [0, 0.05) is 21.4 Å². The van der Waals surface area contributed by atoms with Crippen LogP contribution in [-0.2, 0) is 10.2 Å². The van der Waals surface area contributed by atoms with Crippen LogP contribution in [0.5, 0.6) is 5.75 Å². The summed E-state index contributed by atoms with van der Waals surface area (Å²) in [6.45, 7) is 9.83. The van der Waals surface area contributed by atoms with Crippen molar-refractivity contribution >= 4 is 39.1 Å². The number of benzene rings is 3. The Kier molecular flexibility index (Phi) is 7.28. The normalized spacial score (nSPS) is 11.6. The number of halogens is 1. The number of anilines is 2. The van der Waals surface area contributed by atoms with Crippen molar-refractivity contribution in [2.24, 2.45) is 0 Å². The van der Waals surface area contributed by atoms with E-state index in [1.54, 1.807) is 50.2 Å². The summed E-state index contributed by atoms with van der Waals surface area (Å²) < 4.78 is 6.79. The molecule has 0 atom stereocenters. The highest BCUT2D eigenvalue weighted by Gasteiger charge is 2.30. The van der Waals surface area contributed by atoms with Crippen molar-refractivity contribution in [1.82, 2.24) is 0 Å². The fourth-order valence-electron chi connectivity index (χ4n) is 3.09. The molecule has 0 heterocycles. The summed E-state index contributed by atoms with van der Waals surface area (Å²) >= 11 is 3.38. The molecule has 0 aliphatic heterocycles. The molecule has 0 bridgehead atoms. The van der Waals surface area contributed by atoms with Crippen LogP contribution in [0, 0.1) is 0 Å². The largest absolute Gasteiger partial charge is 0.478 e. The van der Waals surface area contributed by atoms with Gasteiger partial charge in [0.1, 0.15) is 5.75 Å². The average Bonchev–Trinajstić information content (AvgIpc) is 2.76. The van der Waals surface area contributed by atoms with E-state index in [1.807, 2.05) is 36.4 Å². The van der Waals surface area contributed by atoms with E-state index in [-0.39, 0.29) is 17.2 Å².